The van der Waals surface area contributed by atoms with E-state index in [0.717, 1.165) is 15.2 Å². The van der Waals surface area contributed by atoms with Gasteiger partial charge in [0.15, 0.2) is 0 Å². The first kappa shape index (κ1) is 15.5. The number of hydrogen-bond acceptors (Lipinski definition) is 4. The molecule has 0 saturated heterocycles. The fourth-order valence-electron chi connectivity index (χ4n) is 2.64. The van der Waals surface area contributed by atoms with Gasteiger partial charge in [-0.25, -0.2) is 0 Å². The highest BCUT2D eigenvalue weighted by Gasteiger charge is 2.32. The average Bonchev–Trinajstić information content (AvgIpc) is 2.53. The van der Waals surface area contributed by atoms with E-state index < -0.39 is 0 Å². The van der Waals surface area contributed by atoms with E-state index >= 15 is 0 Å². The Morgan fingerprint density at radius 2 is 1.77 bits per heavy atom. The van der Waals surface area contributed by atoms with Gasteiger partial charge in [-0.1, -0.05) is 28.1 Å². The molecule has 4 nitrogen and oxygen atoms in total. The summed E-state index contributed by atoms with van der Waals surface area (Å²) in [7, 11) is 0. The predicted octanol–water partition coefficient (Wildman–Crippen LogP) is 2.92. The minimum atomic E-state index is -0.245. The maximum Gasteiger partial charge on any atom is 0.261 e. The molecule has 22 heavy (non-hydrogen) atoms. The van der Waals surface area contributed by atoms with Gasteiger partial charge in [0.05, 0.1) is 6.61 Å². The Balaban J connectivity index is 2.00. The van der Waals surface area contributed by atoms with Gasteiger partial charge >= 0.3 is 0 Å². The van der Waals surface area contributed by atoms with E-state index in [1.165, 1.54) is 16.7 Å². The quantitative estimate of drug-likeness (QED) is 0.640. The number of rotatable bonds is 5. The van der Waals surface area contributed by atoms with Gasteiger partial charge in [-0.3, -0.25) is 14.5 Å². The van der Waals surface area contributed by atoms with Crippen LogP contribution in [-0.4, -0.2) is 46.5 Å². The molecule has 1 N–H and O–H groups in total. The monoisotopic (exact) mass is 379 g/mol. The molecule has 0 aromatic heterocycles. The summed E-state index contributed by atoms with van der Waals surface area (Å²) in [6.45, 7) is 0.455. The van der Waals surface area contributed by atoms with Crippen LogP contribution in [0, 0.1) is 0 Å². The molecule has 1 aliphatic rings. The lowest BCUT2D eigenvalue weighted by Crippen LogP contribution is -2.41. The van der Waals surface area contributed by atoms with Crippen molar-refractivity contribution in [3.05, 3.63) is 45.9 Å². The van der Waals surface area contributed by atoms with Crippen LogP contribution < -0.4 is 0 Å². The van der Waals surface area contributed by atoms with Crippen LogP contribution in [0.5, 0.6) is 0 Å². The summed E-state index contributed by atoms with van der Waals surface area (Å²) >= 11 is 4.99. The van der Waals surface area contributed by atoms with Gasteiger partial charge in [0.2, 0.25) is 0 Å². The van der Waals surface area contributed by atoms with Gasteiger partial charge in [0.1, 0.15) is 0 Å². The average molecular weight is 380 g/mol. The van der Waals surface area contributed by atoms with Crippen molar-refractivity contribution in [3.63, 3.8) is 0 Å². The second-order valence-electron chi connectivity index (χ2n) is 4.92. The third-order valence-electron chi connectivity index (χ3n) is 3.63. The Bertz CT molecular complexity index is 740. The van der Waals surface area contributed by atoms with Crippen LogP contribution in [0.2, 0.25) is 0 Å². The Morgan fingerprint density at radius 1 is 1.05 bits per heavy atom. The van der Waals surface area contributed by atoms with Crippen LogP contribution >= 0.6 is 27.7 Å². The number of aliphatic hydroxyl groups excluding tert-OH is 1. The van der Waals surface area contributed by atoms with E-state index in [0.29, 0.717) is 29.2 Å². The number of halogens is 1. The number of carbonyl (C=O) groups is 2. The second-order valence-corrected chi connectivity index (χ2v) is 7.00. The van der Waals surface area contributed by atoms with E-state index in [9.17, 15) is 9.59 Å². The van der Waals surface area contributed by atoms with E-state index in [4.69, 9.17) is 5.11 Å². The second kappa shape index (κ2) is 6.40. The van der Waals surface area contributed by atoms with Crippen LogP contribution in [0.4, 0.5) is 0 Å². The maximum absolute atomic E-state index is 12.6. The van der Waals surface area contributed by atoms with E-state index in [1.807, 2.05) is 18.2 Å². The summed E-state index contributed by atoms with van der Waals surface area (Å²) in [6, 6.07) is 9.10. The Hall–Kier alpha value is -1.37. The maximum atomic E-state index is 12.6. The lowest BCUT2D eigenvalue weighted by atomic mass is 9.94. The number of nitrogens with zero attached hydrogens (tertiary/aromatic N) is 1. The first-order chi connectivity index (χ1) is 10.6. The lowest BCUT2D eigenvalue weighted by molar-refractivity contribution is 0.0621. The van der Waals surface area contributed by atoms with Crippen LogP contribution in [-0.2, 0) is 0 Å². The van der Waals surface area contributed by atoms with Crippen LogP contribution in [0.1, 0.15) is 20.7 Å². The van der Waals surface area contributed by atoms with Gasteiger partial charge in [-0.05, 0) is 23.6 Å². The van der Waals surface area contributed by atoms with Crippen molar-refractivity contribution in [2.45, 2.75) is 0 Å². The third-order valence-corrected chi connectivity index (χ3v) is 5.27. The number of imide groups is 1. The number of thioether (sulfide) groups is 1. The molecule has 0 unspecified atom stereocenters. The smallest absolute Gasteiger partial charge is 0.261 e. The molecule has 0 radical (unpaired) electrons. The zero-order valence-corrected chi connectivity index (χ0v) is 14.1. The largest absolute Gasteiger partial charge is 0.396 e. The van der Waals surface area contributed by atoms with Crippen molar-refractivity contribution in [1.29, 1.82) is 0 Å². The van der Waals surface area contributed by atoms with Gasteiger partial charge in [-0.2, -0.15) is 11.8 Å². The zero-order chi connectivity index (χ0) is 15.7. The van der Waals surface area contributed by atoms with Crippen molar-refractivity contribution >= 4 is 50.3 Å². The summed E-state index contributed by atoms with van der Waals surface area (Å²) in [6.07, 6.45) is 0. The SMILES string of the molecule is O=C1c2cccc3c(Br)ccc(c23)C(=O)N1CCSCCO. The summed E-state index contributed by atoms with van der Waals surface area (Å²) in [5.41, 5.74) is 1.14. The van der Waals surface area contributed by atoms with Crippen molar-refractivity contribution in [2.24, 2.45) is 0 Å². The van der Waals surface area contributed by atoms with Crippen molar-refractivity contribution in [2.75, 3.05) is 24.7 Å². The van der Waals surface area contributed by atoms with E-state index in [1.54, 1.807) is 12.1 Å². The van der Waals surface area contributed by atoms with Gasteiger partial charge in [0, 0.05) is 39.0 Å². The first-order valence-corrected chi connectivity index (χ1v) is 8.86. The summed E-state index contributed by atoms with van der Waals surface area (Å²) in [4.78, 5) is 26.5. The summed E-state index contributed by atoms with van der Waals surface area (Å²) in [5.74, 6) is 0.742. The van der Waals surface area contributed by atoms with Gasteiger partial charge in [0.25, 0.3) is 11.8 Å². The molecule has 6 heteroatoms. The molecule has 0 atom stereocenters. The molecule has 0 saturated carbocycles. The van der Waals surface area contributed by atoms with Crippen LogP contribution in [0.25, 0.3) is 10.8 Å². The third kappa shape index (κ3) is 2.55. The highest BCUT2D eigenvalue weighted by molar-refractivity contribution is 9.10. The highest BCUT2D eigenvalue weighted by Crippen LogP contribution is 2.34. The van der Waals surface area contributed by atoms with Crippen LogP contribution in [0.15, 0.2) is 34.8 Å². The Morgan fingerprint density at radius 3 is 2.50 bits per heavy atom. The first-order valence-electron chi connectivity index (χ1n) is 6.91. The molecule has 114 valence electrons. The minimum absolute atomic E-state index is 0.0999. The molecule has 1 aliphatic heterocycles. The van der Waals surface area contributed by atoms with Crippen molar-refractivity contribution in [1.82, 2.24) is 4.90 Å². The number of hydrogen-bond donors (Lipinski definition) is 1. The molecule has 2 aromatic rings. The fraction of sp³-hybridized carbons (Fsp3) is 0.250. The standard InChI is InChI=1S/C16H14BrNO3S/c17-13-5-4-12-14-10(13)2-1-3-11(14)15(20)18(16(12)21)6-8-22-9-7-19/h1-5,19H,6-9H2. The predicted molar refractivity (Wildman–Crippen MR) is 91.4 cm³/mol. The van der Waals surface area contributed by atoms with Crippen LogP contribution in [0.3, 0.4) is 0 Å². The molecule has 0 spiro atoms. The van der Waals surface area contributed by atoms with Crippen molar-refractivity contribution < 1.29 is 14.7 Å². The number of carbonyl (C=O) groups excluding carboxylic acids is 2. The van der Waals surface area contributed by atoms with E-state index in [-0.39, 0.29) is 18.4 Å². The number of amides is 2. The van der Waals surface area contributed by atoms with Crippen molar-refractivity contribution in [3.8, 4) is 0 Å². The zero-order valence-electron chi connectivity index (χ0n) is 11.7. The molecule has 2 amide bonds. The Kier molecular flexibility index (Phi) is 4.52. The molecule has 1 heterocycles. The molecule has 0 bridgehead atoms. The molecule has 0 aliphatic carbocycles. The highest BCUT2D eigenvalue weighted by atomic mass is 79.9. The molecule has 2 aromatic carbocycles. The summed E-state index contributed by atoms with van der Waals surface area (Å²) < 4.78 is 0.876. The molecular weight excluding hydrogens is 366 g/mol. The van der Waals surface area contributed by atoms with E-state index in [2.05, 4.69) is 15.9 Å². The van der Waals surface area contributed by atoms with Gasteiger partial charge in [-0.15, -0.1) is 0 Å². The summed E-state index contributed by atoms with van der Waals surface area (Å²) in [5, 5.41) is 10.4. The molecular formula is C16H14BrNO3S. The topological polar surface area (TPSA) is 57.6 Å². The molecule has 0 fully saturated rings. The molecule has 3 rings (SSSR count). The van der Waals surface area contributed by atoms with Gasteiger partial charge < -0.3 is 5.11 Å². The minimum Gasteiger partial charge on any atom is -0.396 e. The number of benzene rings is 2. The normalized spacial score (nSPS) is 14.0. The fourth-order valence-corrected chi connectivity index (χ4v) is 3.74. The Labute approximate surface area is 140 Å². The lowest BCUT2D eigenvalue weighted by Gasteiger charge is -2.27. The number of aliphatic hydroxyl groups is 1.